The van der Waals surface area contributed by atoms with Crippen LogP contribution in [0.5, 0.6) is 0 Å². The van der Waals surface area contributed by atoms with Crippen LogP contribution in [0.15, 0.2) is 0 Å². The van der Waals surface area contributed by atoms with Gasteiger partial charge in [-0.05, 0) is 32.7 Å². The molecular weight excluding hydrogens is 240 g/mol. The Morgan fingerprint density at radius 3 is 2.68 bits per heavy atom. The van der Waals surface area contributed by atoms with Gasteiger partial charge in [0.15, 0.2) is 0 Å². The Balaban J connectivity index is 1.91. The first-order chi connectivity index (χ1) is 9.19. The normalized spacial score (nSPS) is 27.3. The Morgan fingerprint density at radius 1 is 1.32 bits per heavy atom. The lowest BCUT2D eigenvalue weighted by molar-refractivity contribution is -0.136. The SMILES string of the molecule is CNC1(CC(=O)N2CCCC(OC)C2)CCCCC1. The van der Waals surface area contributed by atoms with E-state index in [1.165, 1.54) is 19.3 Å². The van der Waals surface area contributed by atoms with E-state index in [0.717, 1.165) is 38.8 Å². The molecule has 2 rings (SSSR count). The van der Waals surface area contributed by atoms with Crippen LogP contribution in [0.4, 0.5) is 0 Å². The molecule has 2 aliphatic rings. The number of carbonyl (C=O) groups is 1. The van der Waals surface area contributed by atoms with Gasteiger partial charge in [-0.1, -0.05) is 19.3 Å². The summed E-state index contributed by atoms with van der Waals surface area (Å²) < 4.78 is 5.40. The number of amides is 1. The van der Waals surface area contributed by atoms with Crippen LogP contribution in [0.25, 0.3) is 0 Å². The summed E-state index contributed by atoms with van der Waals surface area (Å²) in [4.78, 5) is 14.5. The van der Waals surface area contributed by atoms with E-state index in [2.05, 4.69) is 5.32 Å². The van der Waals surface area contributed by atoms with Crippen molar-refractivity contribution in [1.29, 1.82) is 0 Å². The number of hydrogen-bond donors (Lipinski definition) is 1. The van der Waals surface area contributed by atoms with Gasteiger partial charge in [-0.15, -0.1) is 0 Å². The largest absolute Gasteiger partial charge is 0.380 e. The van der Waals surface area contributed by atoms with E-state index in [9.17, 15) is 4.79 Å². The van der Waals surface area contributed by atoms with Gasteiger partial charge >= 0.3 is 0 Å². The average molecular weight is 268 g/mol. The molecule has 1 saturated carbocycles. The third-order valence-corrected chi connectivity index (χ3v) is 4.89. The van der Waals surface area contributed by atoms with Crippen LogP contribution in [0.2, 0.25) is 0 Å². The number of likely N-dealkylation sites (tertiary alicyclic amines) is 1. The van der Waals surface area contributed by atoms with Gasteiger partial charge in [0, 0.05) is 32.2 Å². The Morgan fingerprint density at radius 2 is 2.05 bits per heavy atom. The van der Waals surface area contributed by atoms with Crippen molar-refractivity contribution in [2.24, 2.45) is 0 Å². The van der Waals surface area contributed by atoms with E-state index in [1.54, 1.807) is 7.11 Å². The summed E-state index contributed by atoms with van der Waals surface area (Å²) in [6.07, 6.45) is 9.10. The molecule has 1 N–H and O–H groups in total. The smallest absolute Gasteiger partial charge is 0.224 e. The molecule has 2 fully saturated rings. The van der Waals surface area contributed by atoms with Crippen LogP contribution in [0.3, 0.4) is 0 Å². The van der Waals surface area contributed by atoms with E-state index in [4.69, 9.17) is 4.74 Å². The van der Waals surface area contributed by atoms with Gasteiger partial charge in [-0.25, -0.2) is 0 Å². The van der Waals surface area contributed by atoms with Gasteiger partial charge in [0.25, 0.3) is 0 Å². The van der Waals surface area contributed by atoms with Crippen molar-refractivity contribution in [3.05, 3.63) is 0 Å². The molecule has 0 bridgehead atoms. The fourth-order valence-electron chi connectivity index (χ4n) is 3.50. The molecule has 1 amide bonds. The zero-order valence-corrected chi connectivity index (χ0v) is 12.4. The molecule has 4 nitrogen and oxygen atoms in total. The van der Waals surface area contributed by atoms with Gasteiger partial charge in [0.2, 0.25) is 5.91 Å². The summed E-state index contributed by atoms with van der Waals surface area (Å²) in [7, 11) is 3.75. The number of nitrogens with one attached hydrogen (secondary N) is 1. The van der Waals surface area contributed by atoms with Gasteiger partial charge in [-0.3, -0.25) is 4.79 Å². The maximum absolute atomic E-state index is 12.5. The minimum atomic E-state index is 0.0509. The molecule has 1 atom stereocenters. The molecule has 0 aromatic rings. The van der Waals surface area contributed by atoms with E-state index in [1.807, 2.05) is 11.9 Å². The van der Waals surface area contributed by atoms with Crippen molar-refractivity contribution in [2.75, 3.05) is 27.2 Å². The molecule has 1 unspecified atom stereocenters. The Labute approximate surface area is 116 Å². The fourth-order valence-corrected chi connectivity index (χ4v) is 3.50. The monoisotopic (exact) mass is 268 g/mol. The minimum absolute atomic E-state index is 0.0509. The number of rotatable bonds is 4. The summed E-state index contributed by atoms with van der Waals surface area (Å²) in [5, 5.41) is 3.43. The predicted octanol–water partition coefficient (Wildman–Crippen LogP) is 1.94. The van der Waals surface area contributed by atoms with Crippen LogP contribution in [0.1, 0.15) is 51.4 Å². The number of piperidine rings is 1. The van der Waals surface area contributed by atoms with Gasteiger partial charge in [0.05, 0.1) is 6.10 Å². The number of ether oxygens (including phenoxy) is 1. The number of carbonyl (C=O) groups excluding carboxylic acids is 1. The fraction of sp³-hybridized carbons (Fsp3) is 0.933. The molecule has 1 saturated heterocycles. The Kier molecular flexibility index (Phi) is 5.22. The van der Waals surface area contributed by atoms with Crippen molar-refractivity contribution < 1.29 is 9.53 Å². The second-order valence-electron chi connectivity index (χ2n) is 6.11. The lowest BCUT2D eigenvalue weighted by atomic mass is 9.79. The zero-order valence-electron chi connectivity index (χ0n) is 12.4. The van der Waals surface area contributed by atoms with Crippen LogP contribution in [-0.4, -0.2) is 49.7 Å². The molecule has 4 heteroatoms. The second kappa shape index (κ2) is 6.71. The summed E-state index contributed by atoms with van der Waals surface area (Å²) in [6.45, 7) is 1.67. The summed E-state index contributed by atoms with van der Waals surface area (Å²) in [5.41, 5.74) is 0.0509. The highest BCUT2D eigenvalue weighted by molar-refractivity contribution is 5.77. The third-order valence-electron chi connectivity index (χ3n) is 4.89. The molecular formula is C15H28N2O2. The first-order valence-electron chi connectivity index (χ1n) is 7.68. The number of methoxy groups -OCH3 is 1. The van der Waals surface area contributed by atoms with Crippen molar-refractivity contribution in [2.45, 2.75) is 63.0 Å². The molecule has 19 heavy (non-hydrogen) atoms. The first kappa shape index (κ1) is 14.8. The Hall–Kier alpha value is -0.610. The third kappa shape index (κ3) is 3.69. The second-order valence-corrected chi connectivity index (χ2v) is 6.11. The molecule has 0 spiro atoms. The maximum atomic E-state index is 12.5. The molecule has 0 aromatic carbocycles. The summed E-state index contributed by atoms with van der Waals surface area (Å²) in [6, 6.07) is 0. The molecule has 1 aliphatic heterocycles. The standard InChI is InChI=1S/C15H28N2O2/c1-16-15(8-4-3-5-9-15)11-14(18)17-10-6-7-13(12-17)19-2/h13,16H,3-12H2,1-2H3. The highest BCUT2D eigenvalue weighted by atomic mass is 16.5. The maximum Gasteiger partial charge on any atom is 0.224 e. The minimum Gasteiger partial charge on any atom is -0.380 e. The van der Waals surface area contributed by atoms with Gasteiger partial charge in [-0.2, -0.15) is 0 Å². The van der Waals surface area contributed by atoms with Gasteiger partial charge < -0.3 is 15.0 Å². The number of nitrogens with zero attached hydrogens (tertiary/aromatic N) is 1. The lowest BCUT2D eigenvalue weighted by Crippen LogP contribution is -2.51. The van der Waals surface area contributed by atoms with Crippen LogP contribution >= 0.6 is 0 Å². The van der Waals surface area contributed by atoms with E-state index in [0.29, 0.717) is 12.3 Å². The van der Waals surface area contributed by atoms with Crippen molar-refractivity contribution in [3.63, 3.8) is 0 Å². The van der Waals surface area contributed by atoms with Crippen molar-refractivity contribution in [3.8, 4) is 0 Å². The molecule has 1 heterocycles. The van der Waals surface area contributed by atoms with E-state index < -0.39 is 0 Å². The lowest BCUT2D eigenvalue weighted by Gasteiger charge is -2.39. The van der Waals surface area contributed by atoms with Crippen LogP contribution in [-0.2, 0) is 9.53 Å². The quantitative estimate of drug-likeness (QED) is 0.847. The highest BCUT2D eigenvalue weighted by Gasteiger charge is 2.35. The topological polar surface area (TPSA) is 41.6 Å². The summed E-state index contributed by atoms with van der Waals surface area (Å²) >= 11 is 0. The van der Waals surface area contributed by atoms with E-state index >= 15 is 0 Å². The first-order valence-corrected chi connectivity index (χ1v) is 7.68. The Bertz CT molecular complexity index is 301. The molecule has 0 radical (unpaired) electrons. The van der Waals surface area contributed by atoms with Crippen LogP contribution < -0.4 is 5.32 Å². The molecule has 0 aromatic heterocycles. The van der Waals surface area contributed by atoms with Crippen molar-refractivity contribution >= 4 is 5.91 Å². The highest BCUT2D eigenvalue weighted by Crippen LogP contribution is 2.31. The average Bonchev–Trinajstić information content (AvgIpc) is 2.48. The van der Waals surface area contributed by atoms with E-state index in [-0.39, 0.29) is 11.6 Å². The van der Waals surface area contributed by atoms with Crippen LogP contribution in [0, 0.1) is 0 Å². The molecule has 110 valence electrons. The zero-order chi connectivity index (χ0) is 13.7. The predicted molar refractivity (Wildman–Crippen MR) is 76.1 cm³/mol. The molecule has 1 aliphatic carbocycles. The van der Waals surface area contributed by atoms with Gasteiger partial charge in [0.1, 0.15) is 0 Å². The summed E-state index contributed by atoms with van der Waals surface area (Å²) in [5.74, 6) is 0.304. The number of hydrogen-bond acceptors (Lipinski definition) is 3. The van der Waals surface area contributed by atoms with Crippen molar-refractivity contribution in [1.82, 2.24) is 10.2 Å².